The van der Waals surface area contributed by atoms with Gasteiger partial charge in [-0.2, -0.15) is 0 Å². The normalized spacial score (nSPS) is 8.83. The minimum absolute atomic E-state index is 1.29. The number of fused-ring (bicyclic) bond motifs is 1. The van der Waals surface area contributed by atoms with Crippen molar-refractivity contribution in [2.24, 2.45) is 0 Å². The molecule has 130 valence electrons. The van der Waals surface area contributed by atoms with E-state index in [1.807, 2.05) is 41.5 Å². The third kappa shape index (κ3) is 5.53. The van der Waals surface area contributed by atoms with Crippen LogP contribution >= 0.6 is 0 Å². The molecule has 0 saturated heterocycles. The molecule has 0 N–H and O–H groups in total. The van der Waals surface area contributed by atoms with E-state index >= 15 is 0 Å². The summed E-state index contributed by atoms with van der Waals surface area (Å²) in [6.45, 7) is 16.3. The molecule has 0 bridgehead atoms. The van der Waals surface area contributed by atoms with E-state index < -0.39 is 0 Å². The molecule has 0 aliphatic rings. The van der Waals surface area contributed by atoms with Gasteiger partial charge in [-0.15, -0.1) is 0 Å². The third-order valence-corrected chi connectivity index (χ3v) is 3.50. The number of benzene rings is 3. The molecule has 0 nitrogen and oxygen atoms in total. The van der Waals surface area contributed by atoms with Crippen molar-refractivity contribution in [2.75, 3.05) is 0 Å². The second kappa shape index (κ2) is 12.4. The van der Waals surface area contributed by atoms with Gasteiger partial charge in [0.25, 0.3) is 0 Å². The minimum atomic E-state index is 1.29. The van der Waals surface area contributed by atoms with Crippen molar-refractivity contribution in [1.29, 1.82) is 0 Å². The highest BCUT2D eigenvalue weighted by Gasteiger charge is 2.04. The van der Waals surface area contributed by atoms with E-state index in [0.717, 1.165) is 0 Å². The Balaban J connectivity index is 0.000000798. The molecule has 0 saturated carbocycles. The monoisotopic (exact) mass is 322 g/mol. The van der Waals surface area contributed by atoms with Crippen LogP contribution in [0.1, 0.15) is 52.7 Å². The third-order valence-electron chi connectivity index (χ3n) is 3.50. The molecule has 0 fully saturated rings. The summed E-state index contributed by atoms with van der Waals surface area (Å²) in [7, 11) is 0. The van der Waals surface area contributed by atoms with Gasteiger partial charge in [-0.05, 0) is 41.3 Å². The lowest BCUT2D eigenvalue weighted by molar-refractivity contribution is 1.47. The van der Waals surface area contributed by atoms with Crippen LogP contribution in [0.4, 0.5) is 0 Å². The fourth-order valence-electron chi connectivity index (χ4n) is 2.43. The first-order valence-electron chi connectivity index (χ1n) is 9.31. The first-order valence-corrected chi connectivity index (χ1v) is 9.31. The fourth-order valence-corrected chi connectivity index (χ4v) is 2.43. The van der Waals surface area contributed by atoms with E-state index in [0.29, 0.717) is 0 Å². The molecule has 0 aromatic heterocycles. The average Bonchev–Trinajstić information content (AvgIpc) is 2.68. The summed E-state index contributed by atoms with van der Waals surface area (Å²) in [5, 5.41) is 2.68. The van der Waals surface area contributed by atoms with E-state index in [1.165, 1.54) is 33.0 Å². The van der Waals surface area contributed by atoms with Crippen molar-refractivity contribution in [2.45, 2.75) is 55.4 Å². The van der Waals surface area contributed by atoms with E-state index in [1.54, 1.807) is 0 Å². The molecule has 0 atom stereocenters. The molecule has 0 unspecified atom stereocenters. The predicted octanol–water partition coefficient (Wildman–Crippen LogP) is 8.20. The first-order chi connectivity index (χ1) is 11.8. The molecule has 0 radical (unpaired) electrons. The Hall–Kier alpha value is -2.08. The summed E-state index contributed by atoms with van der Waals surface area (Å²) in [5.74, 6) is 0. The Morgan fingerprint density at radius 1 is 0.500 bits per heavy atom. The van der Waals surface area contributed by atoms with Crippen molar-refractivity contribution in [1.82, 2.24) is 0 Å². The maximum absolute atomic E-state index is 2.22. The topological polar surface area (TPSA) is 0 Å². The van der Waals surface area contributed by atoms with Gasteiger partial charge in [0.2, 0.25) is 0 Å². The van der Waals surface area contributed by atoms with Gasteiger partial charge in [-0.1, -0.05) is 108 Å². The van der Waals surface area contributed by atoms with Crippen molar-refractivity contribution >= 4 is 10.8 Å². The van der Waals surface area contributed by atoms with Crippen molar-refractivity contribution < 1.29 is 0 Å². The maximum atomic E-state index is 2.22. The fraction of sp³-hybridized carbons (Fsp3) is 0.333. The van der Waals surface area contributed by atoms with Crippen molar-refractivity contribution in [3.05, 3.63) is 71.8 Å². The molecule has 0 aliphatic carbocycles. The smallest absolute Gasteiger partial charge is 0.0103 e. The van der Waals surface area contributed by atoms with Gasteiger partial charge in [0.1, 0.15) is 0 Å². The molecule has 24 heavy (non-hydrogen) atoms. The Morgan fingerprint density at radius 3 is 1.54 bits per heavy atom. The van der Waals surface area contributed by atoms with Gasteiger partial charge in [0.05, 0.1) is 0 Å². The Kier molecular flexibility index (Phi) is 11.3. The quantitative estimate of drug-likeness (QED) is 0.423. The highest BCUT2D eigenvalue weighted by atomic mass is 14.1. The largest absolute Gasteiger partial charge is 0.0683 e. The van der Waals surface area contributed by atoms with Gasteiger partial charge in [-0.3, -0.25) is 0 Å². The lowest BCUT2D eigenvalue weighted by atomic mass is 9.95. The molecule has 3 aromatic carbocycles. The summed E-state index contributed by atoms with van der Waals surface area (Å²) in [6.07, 6.45) is 0. The molecule has 0 spiro atoms. The summed E-state index contributed by atoms with van der Waals surface area (Å²) >= 11 is 0. The number of aryl methyl sites for hydroxylation is 2. The SMILES string of the molecule is CC.CC.CC.Cc1ccc(-c2ccc(C)c3ccccc23)cc1. The molecular formula is C24H34. The molecular weight excluding hydrogens is 288 g/mol. The Bertz CT molecular complexity index is 691. The lowest BCUT2D eigenvalue weighted by Gasteiger charge is -2.09. The zero-order valence-corrected chi connectivity index (χ0v) is 16.8. The van der Waals surface area contributed by atoms with Crippen LogP contribution in [-0.4, -0.2) is 0 Å². The molecule has 3 aromatic rings. The van der Waals surface area contributed by atoms with E-state index in [2.05, 4.69) is 74.5 Å². The van der Waals surface area contributed by atoms with Crippen molar-refractivity contribution in [3.8, 4) is 11.1 Å². The van der Waals surface area contributed by atoms with Crippen LogP contribution in [0, 0.1) is 13.8 Å². The highest BCUT2D eigenvalue weighted by Crippen LogP contribution is 2.30. The number of hydrogen-bond donors (Lipinski definition) is 0. The Labute approximate surface area is 149 Å². The van der Waals surface area contributed by atoms with Crippen LogP contribution in [0.15, 0.2) is 60.7 Å². The van der Waals surface area contributed by atoms with Crippen LogP contribution in [0.25, 0.3) is 21.9 Å². The van der Waals surface area contributed by atoms with Gasteiger partial charge in [-0.25, -0.2) is 0 Å². The van der Waals surface area contributed by atoms with Crippen LogP contribution in [0.3, 0.4) is 0 Å². The van der Waals surface area contributed by atoms with Gasteiger partial charge in [0, 0.05) is 0 Å². The predicted molar refractivity (Wildman–Crippen MR) is 113 cm³/mol. The summed E-state index contributed by atoms with van der Waals surface area (Å²) in [4.78, 5) is 0. The number of hydrogen-bond acceptors (Lipinski definition) is 0. The van der Waals surface area contributed by atoms with E-state index in [-0.39, 0.29) is 0 Å². The second-order valence-corrected chi connectivity index (χ2v) is 4.84. The van der Waals surface area contributed by atoms with E-state index in [4.69, 9.17) is 0 Å². The number of rotatable bonds is 1. The zero-order valence-electron chi connectivity index (χ0n) is 16.8. The molecule has 0 amide bonds. The first kappa shape index (κ1) is 21.9. The van der Waals surface area contributed by atoms with Crippen LogP contribution in [0.2, 0.25) is 0 Å². The average molecular weight is 323 g/mol. The Morgan fingerprint density at radius 2 is 1.00 bits per heavy atom. The summed E-state index contributed by atoms with van der Waals surface area (Å²) < 4.78 is 0. The maximum Gasteiger partial charge on any atom is -0.0103 e. The standard InChI is InChI=1S/C18H16.3C2H6/c1-13-7-10-15(11-8-13)17-12-9-14(2)16-5-3-4-6-18(16)17;3*1-2/h3-12H,1-2H3;3*1-2H3. The van der Waals surface area contributed by atoms with Gasteiger partial charge >= 0.3 is 0 Å². The minimum Gasteiger partial charge on any atom is -0.0683 e. The molecule has 0 heterocycles. The van der Waals surface area contributed by atoms with Gasteiger partial charge in [0.15, 0.2) is 0 Å². The molecule has 0 heteroatoms. The highest BCUT2D eigenvalue weighted by molar-refractivity contribution is 5.98. The van der Waals surface area contributed by atoms with Crippen molar-refractivity contribution in [3.63, 3.8) is 0 Å². The zero-order chi connectivity index (χ0) is 18.5. The summed E-state index contributed by atoms with van der Waals surface area (Å²) in [6, 6.07) is 21.8. The lowest BCUT2D eigenvalue weighted by Crippen LogP contribution is -1.84. The van der Waals surface area contributed by atoms with Crippen LogP contribution in [0.5, 0.6) is 0 Å². The molecule has 0 aliphatic heterocycles. The van der Waals surface area contributed by atoms with Crippen LogP contribution in [-0.2, 0) is 0 Å². The van der Waals surface area contributed by atoms with Gasteiger partial charge < -0.3 is 0 Å². The summed E-state index contributed by atoms with van der Waals surface area (Å²) in [5.41, 5.74) is 5.24. The second-order valence-electron chi connectivity index (χ2n) is 4.84. The molecule has 3 rings (SSSR count). The van der Waals surface area contributed by atoms with Crippen LogP contribution < -0.4 is 0 Å². The van der Waals surface area contributed by atoms with E-state index in [9.17, 15) is 0 Å².